The van der Waals surface area contributed by atoms with Gasteiger partial charge < -0.3 is 186 Å². The Morgan fingerprint density at radius 3 is 0.980 bits per heavy atom. The first-order chi connectivity index (χ1) is 71.1. The van der Waals surface area contributed by atoms with Gasteiger partial charge in [-0.3, -0.25) is 47.9 Å². The summed E-state index contributed by atoms with van der Waals surface area (Å²) in [6.45, 7) is 10.9. The molecule has 6 rings (SSSR count). The molecule has 13 N–H and O–H groups in total. The van der Waals surface area contributed by atoms with Gasteiger partial charge in [0, 0.05) is 128 Å². The van der Waals surface area contributed by atoms with E-state index < -0.39 is 147 Å². The number of carbonyl (C=O) groups is 11. The number of imide groups is 1. The molecular formula is C97H155N5O45. The fourth-order valence-electron chi connectivity index (χ4n) is 14.0. The van der Waals surface area contributed by atoms with E-state index in [-0.39, 0.29) is 353 Å². The molecule has 2 aromatic rings. The summed E-state index contributed by atoms with van der Waals surface area (Å²) in [5.74, 6) is -4.20. The standard InChI is InChI=1S/C97H155N5O45/c1-66-86(114)89(117)92(120)95(144-66)138-54-51-124-24-6-9-72(103)17-27-126-34-40-133-47-49-136-43-37-129-31-22-100-81(109)64-142-76-59-70(60-77(62-76)143-65-82(110)101-23-32-130-38-44-137-50-48-134-41-35-127-28-18-73(104)10-7-25-125-52-55-139-96-93(121)90(118)87(115)67(2)145-96)69-57-71(78(106)12-5-20-98-79(107)13-4-14-85(113)147-102-83(111)15-16-84(102)112)61-75(58-69)141-63-74(105)11-8-26-123-33-39-132-45-46-135-42-36-128-29-19-80(108)99-21-30-131-53-56-140-97-94(122)91(119)88(116)68(3)146-97/h57-62,66-68,86-97,114-122H,4-56,63-65H2,1-3H3,(H,98,107)(H,99,108)(H,100,109)(H,101,110)/t66-,67-,68-,86-,87-,88-,89+,90+,91+,92+,93+,94+,95+,96+,97+/m0/s1. The van der Waals surface area contributed by atoms with Crippen LogP contribution in [0.4, 0.5) is 0 Å². The quantitative estimate of drug-likeness (QED) is 0.0188. The summed E-state index contributed by atoms with van der Waals surface area (Å²) in [5.41, 5.74) is 0.851. The number of ketones is 4. The summed E-state index contributed by atoms with van der Waals surface area (Å²) in [6, 6.07) is 9.20. The average molecular weight is 2110 g/mol. The number of aliphatic hydroxyl groups is 9. The van der Waals surface area contributed by atoms with Crippen molar-refractivity contribution in [2.24, 2.45) is 0 Å². The fourth-order valence-corrected chi connectivity index (χ4v) is 14.0. The van der Waals surface area contributed by atoms with Gasteiger partial charge in [0.15, 0.2) is 43.7 Å². The summed E-state index contributed by atoms with van der Waals surface area (Å²) in [6.07, 6.45) is -15.5. The van der Waals surface area contributed by atoms with Crippen LogP contribution in [-0.2, 0) is 152 Å². The molecular weight excluding hydrogens is 1960 g/mol. The molecule has 4 heterocycles. The minimum absolute atomic E-state index is 0.0107. The second-order valence-electron chi connectivity index (χ2n) is 34.1. The molecule has 838 valence electrons. The van der Waals surface area contributed by atoms with Crippen LogP contribution in [0.25, 0.3) is 11.1 Å². The van der Waals surface area contributed by atoms with Crippen molar-refractivity contribution in [2.45, 2.75) is 216 Å². The first-order valence-corrected chi connectivity index (χ1v) is 50.1. The van der Waals surface area contributed by atoms with Crippen LogP contribution in [0.3, 0.4) is 0 Å². The van der Waals surface area contributed by atoms with Gasteiger partial charge in [0.25, 0.3) is 23.6 Å². The van der Waals surface area contributed by atoms with Crippen LogP contribution in [-0.4, -0.2) is 472 Å². The molecule has 4 aliphatic rings. The Kier molecular flexibility index (Phi) is 67.7. The zero-order valence-corrected chi connectivity index (χ0v) is 84.4. The summed E-state index contributed by atoms with van der Waals surface area (Å²) < 4.78 is 134. The minimum atomic E-state index is -1.42. The Bertz CT molecular complexity index is 3890. The number of ether oxygens (including phenoxy) is 24. The Labute approximate surface area is 854 Å². The summed E-state index contributed by atoms with van der Waals surface area (Å²) in [5, 5.41) is 101. The molecule has 4 aliphatic heterocycles. The number of benzene rings is 2. The molecule has 0 aliphatic carbocycles. The maximum absolute atomic E-state index is 14.2. The average Bonchev–Trinajstić information content (AvgIpc) is 1.78. The smallest absolute Gasteiger partial charge is 0.333 e. The largest absolute Gasteiger partial charge is 0.486 e. The topological polar surface area (TPSA) is 652 Å². The zero-order valence-electron chi connectivity index (χ0n) is 84.4. The molecule has 0 saturated carbocycles. The van der Waals surface area contributed by atoms with Crippen LogP contribution in [0.15, 0.2) is 36.4 Å². The first kappa shape index (κ1) is 127. The lowest BCUT2D eigenvalue weighted by Gasteiger charge is -2.38. The van der Waals surface area contributed by atoms with Crippen molar-refractivity contribution >= 4 is 64.5 Å². The highest BCUT2D eigenvalue weighted by atomic mass is 16.7. The van der Waals surface area contributed by atoms with E-state index in [2.05, 4.69) is 21.3 Å². The van der Waals surface area contributed by atoms with E-state index in [4.69, 9.17) is 119 Å². The molecule has 15 atom stereocenters. The predicted molar refractivity (Wildman–Crippen MR) is 509 cm³/mol. The molecule has 4 fully saturated rings. The maximum atomic E-state index is 14.2. The van der Waals surface area contributed by atoms with Gasteiger partial charge in [0.1, 0.15) is 90.4 Å². The van der Waals surface area contributed by atoms with Gasteiger partial charge >= 0.3 is 5.97 Å². The number of hydrogen-bond acceptors (Lipinski definition) is 45. The molecule has 50 nitrogen and oxygen atoms in total. The number of hydroxylamine groups is 2. The van der Waals surface area contributed by atoms with E-state index in [0.717, 1.165) is 0 Å². The number of amides is 6. The van der Waals surface area contributed by atoms with E-state index in [1.165, 1.54) is 12.1 Å². The summed E-state index contributed by atoms with van der Waals surface area (Å²) in [7, 11) is 0. The lowest BCUT2D eigenvalue weighted by atomic mass is 9.98. The highest BCUT2D eigenvalue weighted by Crippen LogP contribution is 2.35. The normalized spacial score (nSPS) is 21.4. The molecule has 2 aromatic carbocycles. The van der Waals surface area contributed by atoms with Crippen molar-refractivity contribution in [1.82, 2.24) is 26.3 Å². The number of nitrogens with one attached hydrogen (secondary N) is 4. The van der Waals surface area contributed by atoms with E-state index >= 15 is 0 Å². The molecule has 0 bridgehead atoms. The van der Waals surface area contributed by atoms with Crippen molar-refractivity contribution in [3.8, 4) is 28.4 Å². The molecule has 147 heavy (non-hydrogen) atoms. The number of rotatable bonds is 89. The van der Waals surface area contributed by atoms with Crippen LogP contribution in [0.2, 0.25) is 0 Å². The van der Waals surface area contributed by atoms with Crippen LogP contribution in [0.1, 0.15) is 134 Å². The first-order valence-electron chi connectivity index (χ1n) is 50.1. The number of Topliss-reactive ketones (excluding diaryl/α,β-unsaturated/α-hetero) is 4. The van der Waals surface area contributed by atoms with E-state index in [0.29, 0.717) is 61.5 Å². The SMILES string of the molecule is C[C@@H]1O[C@@H](OCCOCCCC(=O)CCOCCOCCOCCOCCNC(=O)COc2cc(OCC(=O)NCCOCCOCCOCCOCCC(=O)CCCOCCO[C@@H]3O[C@@H](C)[C@H](O)[C@@H](O)[C@H]3O)cc(-c3cc(OCC(=O)CCCOCCOCCOCCOCCC(=O)NCCOCCO[C@@H]4O[C@@H](C)[C@H](O)[C@@H](O)[C@H]4O)cc(C(=O)CCCNC(=O)CCCC(=O)ON4C(=O)CCC4=O)c3)c2)[C@H](O)[C@H](O)[C@H]1O. The molecule has 50 heteroatoms. The second-order valence-corrected chi connectivity index (χ2v) is 34.1. The minimum Gasteiger partial charge on any atom is -0.486 e. The lowest BCUT2D eigenvalue weighted by Crippen LogP contribution is -2.57. The van der Waals surface area contributed by atoms with E-state index in [1.54, 1.807) is 45.0 Å². The summed E-state index contributed by atoms with van der Waals surface area (Å²) >= 11 is 0. The van der Waals surface area contributed by atoms with Gasteiger partial charge in [-0.05, 0) is 94.3 Å². The third kappa shape index (κ3) is 56.1. The molecule has 4 saturated heterocycles. The molecule has 0 spiro atoms. The van der Waals surface area contributed by atoms with Gasteiger partial charge in [-0.2, -0.15) is 0 Å². The van der Waals surface area contributed by atoms with E-state index in [9.17, 15) is 98.7 Å². The lowest BCUT2D eigenvalue weighted by molar-refractivity contribution is -0.294. The number of hydrogen-bond donors (Lipinski definition) is 13. The number of aliphatic hydroxyl groups excluding tert-OH is 9. The van der Waals surface area contributed by atoms with Crippen LogP contribution in [0, 0.1) is 0 Å². The fraction of sp³-hybridized carbons (Fsp3) is 0.763. The third-order valence-corrected chi connectivity index (χ3v) is 22.2. The molecule has 0 unspecified atom stereocenters. The van der Waals surface area contributed by atoms with Gasteiger partial charge in [0.05, 0.1) is 217 Å². The van der Waals surface area contributed by atoms with Gasteiger partial charge in [-0.25, -0.2) is 4.79 Å². The second kappa shape index (κ2) is 78.0. The Morgan fingerprint density at radius 2 is 0.592 bits per heavy atom. The Morgan fingerprint density at radius 1 is 0.286 bits per heavy atom. The monoisotopic (exact) mass is 2110 g/mol. The summed E-state index contributed by atoms with van der Waals surface area (Å²) in [4.78, 5) is 145. The highest BCUT2D eigenvalue weighted by Gasteiger charge is 2.45. The van der Waals surface area contributed by atoms with Crippen LogP contribution in [0.5, 0.6) is 17.2 Å². The predicted octanol–water partition coefficient (Wildman–Crippen LogP) is -2.31. The molecule has 0 radical (unpaired) electrons. The maximum Gasteiger partial charge on any atom is 0.333 e. The third-order valence-electron chi connectivity index (χ3n) is 22.2. The van der Waals surface area contributed by atoms with E-state index in [1.807, 2.05) is 0 Å². The Hall–Kier alpha value is -8.19. The van der Waals surface area contributed by atoms with Crippen molar-refractivity contribution in [3.05, 3.63) is 42.0 Å². The van der Waals surface area contributed by atoms with Gasteiger partial charge in [0.2, 0.25) is 11.8 Å². The Balaban J connectivity index is 0.912. The van der Waals surface area contributed by atoms with Crippen molar-refractivity contribution in [3.63, 3.8) is 0 Å². The molecule has 0 aromatic heterocycles. The molecule has 6 amide bonds. The number of nitrogens with zero attached hydrogens (tertiary/aromatic N) is 1. The van der Waals surface area contributed by atoms with Crippen LogP contribution >= 0.6 is 0 Å². The zero-order chi connectivity index (χ0) is 106. The van der Waals surface area contributed by atoms with Crippen LogP contribution < -0.4 is 35.5 Å². The van der Waals surface area contributed by atoms with Gasteiger partial charge in [-0.1, -0.05) is 0 Å². The van der Waals surface area contributed by atoms with Crippen molar-refractivity contribution < 1.29 is 217 Å². The highest BCUT2D eigenvalue weighted by molar-refractivity contribution is 6.01. The van der Waals surface area contributed by atoms with Crippen molar-refractivity contribution in [2.75, 3.05) is 264 Å². The number of carbonyl (C=O) groups excluding carboxylic acids is 11. The van der Waals surface area contributed by atoms with Gasteiger partial charge in [-0.15, -0.1) is 5.06 Å². The van der Waals surface area contributed by atoms with Crippen molar-refractivity contribution in [1.29, 1.82) is 0 Å².